The van der Waals surface area contributed by atoms with E-state index in [1.807, 2.05) is 68.7 Å². The van der Waals surface area contributed by atoms with Crippen LogP contribution in [0.15, 0.2) is 66.7 Å². The molecule has 35 heavy (non-hydrogen) atoms. The van der Waals surface area contributed by atoms with Crippen molar-refractivity contribution in [2.45, 2.75) is 6.54 Å². The highest BCUT2D eigenvalue weighted by atomic mass is 35.5. The molecular weight excluding hydrogens is 464 g/mol. The summed E-state index contributed by atoms with van der Waals surface area (Å²) < 4.78 is 0. The van der Waals surface area contributed by atoms with Crippen LogP contribution in [0.1, 0.15) is 16.7 Å². The quantitative estimate of drug-likeness (QED) is 0.391. The van der Waals surface area contributed by atoms with Crippen LogP contribution < -0.4 is 15.5 Å². The number of benzene rings is 3. The third kappa shape index (κ3) is 5.65. The molecule has 0 spiro atoms. The van der Waals surface area contributed by atoms with Gasteiger partial charge in [-0.1, -0.05) is 41.9 Å². The molecular formula is C27H27ClN4O3. The zero-order chi connectivity index (χ0) is 25.1. The van der Waals surface area contributed by atoms with Crippen LogP contribution in [0.2, 0.25) is 5.02 Å². The first-order valence-corrected chi connectivity index (χ1v) is 11.5. The normalized spacial score (nSPS) is 13.9. The number of anilines is 3. The Morgan fingerprint density at radius 2 is 1.77 bits per heavy atom. The van der Waals surface area contributed by atoms with Crippen LogP contribution in [0.3, 0.4) is 0 Å². The van der Waals surface area contributed by atoms with Gasteiger partial charge in [0.2, 0.25) is 0 Å². The fourth-order valence-corrected chi connectivity index (χ4v) is 4.24. The number of carboxylic acids is 1. The number of carbonyl (C=O) groups excluding carboxylic acids is 1. The largest absolute Gasteiger partial charge is 0.480 e. The van der Waals surface area contributed by atoms with Crippen molar-refractivity contribution in [2.75, 3.05) is 43.2 Å². The molecule has 1 aliphatic heterocycles. The molecule has 4 rings (SSSR count). The Balaban J connectivity index is 1.81. The van der Waals surface area contributed by atoms with Gasteiger partial charge in [-0.05, 0) is 56.1 Å². The second kappa shape index (κ2) is 10.2. The van der Waals surface area contributed by atoms with Gasteiger partial charge >= 0.3 is 5.97 Å². The Labute approximate surface area is 209 Å². The molecule has 7 nitrogen and oxygen atoms in total. The third-order valence-corrected chi connectivity index (χ3v) is 5.88. The molecule has 0 unspecified atom stereocenters. The molecule has 0 saturated heterocycles. The number of nitrogens with one attached hydrogen (secondary N) is 2. The first kappa shape index (κ1) is 24.3. The molecule has 0 aliphatic carbocycles. The number of hydrogen-bond donors (Lipinski definition) is 3. The fourth-order valence-electron chi connectivity index (χ4n) is 4.07. The number of hydrogen-bond acceptors (Lipinski definition) is 5. The van der Waals surface area contributed by atoms with Gasteiger partial charge in [-0.2, -0.15) is 0 Å². The molecule has 0 aromatic heterocycles. The van der Waals surface area contributed by atoms with E-state index in [9.17, 15) is 14.7 Å². The molecule has 1 aliphatic rings. The predicted octanol–water partition coefficient (Wildman–Crippen LogP) is 4.85. The molecule has 0 fully saturated rings. The zero-order valence-corrected chi connectivity index (χ0v) is 20.6. The number of likely N-dealkylation sites (N-methyl/N-ethyl adjacent to an activating group) is 1. The summed E-state index contributed by atoms with van der Waals surface area (Å²) in [4.78, 5) is 28.1. The van der Waals surface area contributed by atoms with Gasteiger partial charge in [0.1, 0.15) is 6.54 Å². The maximum atomic E-state index is 13.1. The van der Waals surface area contributed by atoms with Gasteiger partial charge in [0.25, 0.3) is 5.91 Å². The van der Waals surface area contributed by atoms with E-state index in [-0.39, 0.29) is 12.5 Å². The second-order valence-corrected chi connectivity index (χ2v) is 9.19. The van der Waals surface area contributed by atoms with E-state index in [0.717, 1.165) is 29.0 Å². The van der Waals surface area contributed by atoms with Gasteiger partial charge in [-0.3, -0.25) is 9.59 Å². The standard InChI is InChI=1S/C27H27ClN4O3/c1-31(2)15-17-7-10-20(11-8-17)29-26(18-5-4-6-21(13-18)32(3)16-24(33)34)25-22-12-9-19(28)14-23(22)30-27(25)35/h4-14,29H,15-16H2,1-3H3,(H,30,35)(H,33,34)/b26-25-. The van der Waals surface area contributed by atoms with E-state index >= 15 is 0 Å². The van der Waals surface area contributed by atoms with E-state index < -0.39 is 5.97 Å². The number of carbonyl (C=O) groups is 2. The van der Waals surface area contributed by atoms with E-state index in [0.29, 0.717) is 22.0 Å². The Morgan fingerprint density at radius 1 is 1.03 bits per heavy atom. The molecule has 1 amide bonds. The van der Waals surface area contributed by atoms with Crippen LogP contribution in [-0.2, 0) is 16.1 Å². The highest BCUT2D eigenvalue weighted by Gasteiger charge is 2.29. The van der Waals surface area contributed by atoms with Crippen LogP contribution in [0.5, 0.6) is 0 Å². The van der Waals surface area contributed by atoms with Gasteiger partial charge in [0.05, 0.1) is 17.0 Å². The zero-order valence-electron chi connectivity index (χ0n) is 19.8. The third-order valence-electron chi connectivity index (χ3n) is 5.65. The summed E-state index contributed by atoms with van der Waals surface area (Å²) in [5, 5.41) is 16.1. The molecule has 3 aromatic rings. The number of halogens is 1. The minimum atomic E-state index is -0.923. The SMILES string of the molecule is CN(C)Cc1ccc(N/C(=C2\C(=O)Nc3cc(Cl)ccc32)c2cccc(N(C)CC(=O)O)c2)cc1. The maximum Gasteiger partial charge on any atom is 0.323 e. The summed E-state index contributed by atoms with van der Waals surface area (Å²) in [6, 6.07) is 20.8. The number of rotatable bonds is 8. The van der Waals surface area contributed by atoms with Crippen LogP contribution in [-0.4, -0.2) is 49.6 Å². The lowest BCUT2D eigenvalue weighted by atomic mass is 9.99. The summed E-state index contributed by atoms with van der Waals surface area (Å²) in [6.07, 6.45) is 0. The van der Waals surface area contributed by atoms with E-state index in [2.05, 4.69) is 15.5 Å². The van der Waals surface area contributed by atoms with Crippen molar-refractivity contribution in [1.29, 1.82) is 0 Å². The summed E-state index contributed by atoms with van der Waals surface area (Å²) in [5.41, 5.74) is 5.99. The fraction of sp³-hybridized carbons (Fsp3) is 0.185. The molecule has 0 saturated carbocycles. The molecule has 0 atom stereocenters. The highest BCUT2D eigenvalue weighted by Crippen LogP contribution is 2.39. The Morgan fingerprint density at radius 3 is 2.46 bits per heavy atom. The predicted molar refractivity (Wildman–Crippen MR) is 142 cm³/mol. The molecule has 0 radical (unpaired) electrons. The van der Waals surface area contributed by atoms with Gasteiger partial charge in [0.15, 0.2) is 0 Å². The van der Waals surface area contributed by atoms with Gasteiger partial charge in [-0.25, -0.2) is 0 Å². The van der Waals surface area contributed by atoms with E-state index in [4.69, 9.17) is 11.6 Å². The highest BCUT2D eigenvalue weighted by molar-refractivity contribution is 6.38. The molecule has 3 N–H and O–H groups in total. The lowest BCUT2D eigenvalue weighted by Crippen LogP contribution is -2.25. The molecule has 0 bridgehead atoms. The molecule has 8 heteroatoms. The monoisotopic (exact) mass is 490 g/mol. The first-order chi connectivity index (χ1) is 16.7. The van der Waals surface area contributed by atoms with Crippen LogP contribution in [0.4, 0.5) is 17.1 Å². The Bertz CT molecular complexity index is 1300. The Hall–Kier alpha value is -3.81. The average molecular weight is 491 g/mol. The van der Waals surface area contributed by atoms with Crippen LogP contribution in [0.25, 0.3) is 11.3 Å². The average Bonchev–Trinajstić information content (AvgIpc) is 3.12. The second-order valence-electron chi connectivity index (χ2n) is 8.75. The van der Waals surface area contributed by atoms with Crippen molar-refractivity contribution in [2.24, 2.45) is 0 Å². The van der Waals surface area contributed by atoms with Crippen LogP contribution in [0, 0.1) is 0 Å². The van der Waals surface area contributed by atoms with E-state index in [1.54, 1.807) is 24.1 Å². The van der Waals surface area contributed by atoms with Crippen molar-refractivity contribution in [3.05, 3.63) is 88.4 Å². The number of fused-ring (bicyclic) bond motifs is 1. The molecule has 1 heterocycles. The van der Waals surface area contributed by atoms with Crippen molar-refractivity contribution in [3.8, 4) is 0 Å². The van der Waals surface area contributed by atoms with Gasteiger partial charge < -0.3 is 25.5 Å². The summed E-state index contributed by atoms with van der Waals surface area (Å²) in [7, 11) is 5.76. The Kier molecular flexibility index (Phi) is 7.10. The van der Waals surface area contributed by atoms with Crippen molar-refractivity contribution in [1.82, 2.24) is 4.90 Å². The minimum Gasteiger partial charge on any atom is -0.480 e. The molecule has 3 aromatic carbocycles. The van der Waals surface area contributed by atoms with Gasteiger partial charge in [0, 0.05) is 41.1 Å². The lowest BCUT2D eigenvalue weighted by Gasteiger charge is -2.20. The van der Waals surface area contributed by atoms with E-state index in [1.165, 1.54) is 5.56 Å². The summed E-state index contributed by atoms with van der Waals surface area (Å²) in [5.74, 6) is -1.16. The van der Waals surface area contributed by atoms with Crippen molar-refractivity contribution in [3.63, 3.8) is 0 Å². The number of amides is 1. The van der Waals surface area contributed by atoms with Gasteiger partial charge in [-0.15, -0.1) is 0 Å². The summed E-state index contributed by atoms with van der Waals surface area (Å²) >= 11 is 6.15. The number of aliphatic carboxylic acids is 1. The van der Waals surface area contributed by atoms with Crippen molar-refractivity contribution >= 4 is 51.8 Å². The minimum absolute atomic E-state index is 0.141. The first-order valence-electron chi connectivity index (χ1n) is 11.1. The smallest absolute Gasteiger partial charge is 0.323 e. The summed E-state index contributed by atoms with van der Waals surface area (Å²) in [6.45, 7) is 0.681. The number of carboxylic acid groups (broad SMARTS) is 1. The molecule has 180 valence electrons. The number of nitrogens with zero attached hydrogens (tertiary/aromatic N) is 2. The lowest BCUT2D eigenvalue weighted by molar-refractivity contribution is -0.135. The van der Waals surface area contributed by atoms with Crippen molar-refractivity contribution < 1.29 is 14.7 Å². The topological polar surface area (TPSA) is 84.9 Å². The van der Waals surface area contributed by atoms with Crippen LogP contribution >= 0.6 is 11.6 Å². The maximum absolute atomic E-state index is 13.1.